The van der Waals surface area contributed by atoms with E-state index in [4.69, 9.17) is 10.5 Å². The normalized spacial score (nSPS) is 14.4. The van der Waals surface area contributed by atoms with E-state index in [-0.39, 0.29) is 0 Å². The average Bonchev–Trinajstić information content (AvgIpc) is 3.15. The molecule has 27 heavy (non-hydrogen) atoms. The van der Waals surface area contributed by atoms with Crippen molar-refractivity contribution >= 4 is 17.1 Å². The summed E-state index contributed by atoms with van der Waals surface area (Å²) in [7, 11) is 3.45. The van der Waals surface area contributed by atoms with Crippen molar-refractivity contribution in [2.45, 2.75) is 0 Å². The fourth-order valence-corrected chi connectivity index (χ4v) is 3.46. The molecule has 0 atom stereocenters. The maximum absolute atomic E-state index is 6.16. The van der Waals surface area contributed by atoms with E-state index in [1.165, 1.54) is 5.69 Å². The zero-order valence-corrected chi connectivity index (χ0v) is 15.5. The minimum Gasteiger partial charge on any atom is -0.495 e. The molecule has 3 aromatic rings. The number of anilines is 3. The molecule has 3 heterocycles. The fourth-order valence-electron chi connectivity index (χ4n) is 3.46. The highest BCUT2D eigenvalue weighted by molar-refractivity contribution is 5.82. The van der Waals surface area contributed by atoms with Crippen molar-refractivity contribution in [3.05, 3.63) is 42.9 Å². The standard InChI is InChI=1S/C19H23N7O/c1-24-22-13-17(23-24)15-11-16(20)19(27-2)12-18(15)26-9-7-25(8-10-26)14-3-5-21-6-4-14/h3-6,11-13H,7-10,20H2,1-2H3. The molecule has 2 aromatic heterocycles. The third kappa shape index (κ3) is 3.38. The third-order valence-electron chi connectivity index (χ3n) is 4.87. The summed E-state index contributed by atoms with van der Waals surface area (Å²) in [5.74, 6) is 0.675. The summed E-state index contributed by atoms with van der Waals surface area (Å²) in [6.07, 6.45) is 5.43. The van der Waals surface area contributed by atoms with Crippen LogP contribution in [0.3, 0.4) is 0 Å². The number of hydrogen-bond donors (Lipinski definition) is 1. The number of benzene rings is 1. The Morgan fingerprint density at radius 2 is 1.74 bits per heavy atom. The van der Waals surface area contributed by atoms with Gasteiger partial charge in [-0.15, -0.1) is 0 Å². The monoisotopic (exact) mass is 365 g/mol. The number of piperazine rings is 1. The van der Waals surface area contributed by atoms with Crippen LogP contribution in [-0.2, 0) is 7.05 Å². The minimum absolute atomic E-state index is 0.595. The van der Waals surface area contributed by atoms with Crippen molar-refractivity contribution in [2.24, 2.45) is 7.05 Å². The van der Waals surface area contributed by atoms with Crippen molar-refractivity contribution < 1.29 is 4.74 Å². The quantitative estimate of drug-likeness (QED) is 0.706. The lowest BCUT2D eigenvalue weighted by Crippen LogP contribution is -2.46. The second kappa shape index (κ2) is 7.14. The molecule has 0 spiro atoms. The van der Waals surface area contributed by atoms with Gasteiger partial charge in [-0.25, -0.2) is 0 Å². The molecule has 8 heteroatoms. The SMILES string of the molecule is COc1cc(N2CCN(c3ccncc3)CC2)c(-c2cnn(C)n2)cc1N. The van der Waals surface area contributed by atoms with Crippen molar-refractivity contribution in [1.82, 2.24) is 20.0 Å². The van der Waals surface area contributed by atoms with Crippen LogP contribution in [0.2, 0.25) is 0 Å². The number of nitrogen functional groups attached to an aromatic ring is 1. The van der Waals surface area contributed by atoms with E-state index in [2.05, 4.69) is 25.0 Å². The first-order chi connectivity index (χ1) is 13.2. The Hall–Kier alpha value is -3.29. The van der Waals surface area contributed by atoms with Crippen LogP contribution in [0.5, 0.6) is 5.75 Å². The molecule has 1 aliphatic heterocycles. The molecule has 1 saturated heterocycles. The number of pyridine rings is 1. The second-order valence-electron chi connectivity index (χ2n) is 6.51. The van der Waals surface area contributed by atoms with E-state index in [0.29, 0.717) is 11.4 Å². The Morgan fingerprint density at radius 1 is 1.04 bits per heavy atom. The van der Waals surface area contributed by atoms with Crippen molar-refractivity contribution in [1.29, 1.82) is 0 Å². The predicted molar refractivity (Wildman–Crippen MR) is 106 cm³/mol. The lowest BCUT2D eigenvalue weighted by Gasteiger charge is -2.38. The number of nitrogens with two attached hydrogens (primary N) is 1. The van der Waals surface area contributed by atoms with Gasteiger partial charge in [0.1, 0.15) is 11.4 Å². The van der Waals surface area contributed by atoms with Gasteiger partial charge in [0, 0.05) is 62.9 Å². The summed E-state index contributed by atoms with van der Waals surface area (Å²) in [4.78, 5) is 10.4. The smallest absolute Gasteiger partial charge is 0.143 e. The second-order valence-corrected chi connectivity index (χ2v) is 6.51. The molecule has 4 rings (SSSR count). The number of aromatic nitrogens is 4. The Labute approximate surface area is 158 Å². The van der Waals surface area contributed by atoms with Crippen LogP contribution >= 0.6 is 0 Å². The van der Waals surface area contributed by atoms with Gasteiger partial charge >= 0.3 is 0 Å². The summed E-state index contributed by atoms with van der Waals surface area (Å²) in [5, 5.41) is 8.66. The molecule has 1 aliphatic rings. The lowest BCUT2D eigenvalue weighted by atomic mass is 10.1. The topological polar surface area (TPSA) is 85.3 Å². The molecule has 2 N–H and O–H groups in total. The highest BCUT2D eigenvalue weighted by atomic mass is 16.5. The van der Waals surface area contributed by atoms with E-state index in [0.717, 1.165) is 43.1 Å². The Bertz CT molecular complexity index is 917. The minimum atomic E-state index is 0.595. The van der Waals surface area contributed by atoms with E-state index in [9.17, 15) is 0 Å². The number of methoxy groups -OCH3 is 1. The van der Waals surface area contributed by atoms with E-state index in [1.807, 2.05) is 43.7 Å². The van der Waals surface area contributed by atoms with Crippen LogP contribution < -0.4 is 20.3 Å². The van der Waals surface area contributed by atoms with Gasteiger partial charge in [0.25, 0.3) is 0 Å². The van der Waals surface area contributed by atoms with E-state index < -0.39 is 0 Å². The molecule has 0 saturated carbocycles. The van der Waals surface area contributed by atoms with Gasteiger partial charge in [-0.1, -0.05) is 0 Å². The Kier molecular flexibility index (Phi) is 4.53. The molecular weight excluding hydrogens is 342 g/mol. The average molecular weight is 365 g/mol. The Balaban J connectivity index is 1.63. The van der Waals surface area contributed by atoms with Crippen molar-refractivity contribution in [3.63, 3.8) is 0 Å². The number of hydrogen-bond acceptors (Lipinski definition) is 7. The first-order valence-corrected chi connectivity index (χ1v) is 8.90. The Morgan fingerprint density at radius 3 is 2.37 bits per heavy atom. The molecule has 140 valence electrons. The maximum atomic E-state index is 6.16. The molecular formula is C19H23N7O. The zero-order valence-electron chi connectivity index (χ0n) is 15.5. The molecule has 0 bridgehead atoms. The molecule has 0 radical (unpaired) electrons. The highest BCUT2D eigenvalue weighted by Crippen LogP contribution is 2.37. The van der Waals surface area contributed by atoms with Gasteiger partial charge in [0.05, 0.1) is 24.7 Å². The van der Waals surface area contributed by atoms with Crippen molar-refractivity contribution in [2.75, 3.05) is 48.8 Å². The van der Waals surface area contributed by atoms with Gasteiger partial charge in [-0.05, 0) is 18.2 Å². The van der Waals surface area contributed by atoms with Crippen LogP contribution in [0.25, 0.3) is 11.3 Å². The molecule has 8 nitrogen and oxygen atoms in total. The molecule has 0 aliphatic carbocycles. The van der Waals surface area contributed by atoms with Gasteiger partial charge in [-0.2, -0.15) is 15.0 Å². The van der Waals surface area contributed by atoms with E-state index >= 15 is 0 Å². The van der Waals surface area contributed by atoms with Crippen LogP contribution in [0.4, 0.5) is 17.1 Å². The number of aryl methyl sites for hydroxylation is 1. The number of rotatable bonds is 4. The summed E-state index contributed by atoms with van der Waals surface area (Å²) < 4.78 is 5.45. The van der Waals surface area contributed by atoms with Gasteiger partial charge in [-0.3, -0.25) is 4.98 Å². The van der Waals surface area contributed by atoms with E-state index in [1.54, 1.807) is 18.1 Å². The third-order valence-corrected chi connectivity index (χ3v) is 4.87. The largest absolute Gasteiger partial charge is 0.495 e. The number of ether oxygens (including phenoxy) is 1. The van der Waals surface area contributed by atoms with Crippen molar-refractivity contribution in [3.8, 4) is 17.0 Å². The summed E-state index contributed by atoms with van der Waals surface area (Å²) in [5.41, 5.74) is 10.8. The van der Waals surface area contributed by atoms with Crippen LogP contribution in [0.1, 0.15) is 0 Å². The first kappa shape index (κ1) is 17.1. The molecule has 0 unspecified atom stereocenters. The maximum Gasteiger partial charge on any atom is 0.143 e. The fraction of sp³-hybridized carbons (Fsp3) is 0.316. The summed E-state index contributed by atoms with van der Waals surface area (Å²) in [6, 6.07) is 8.02. The van der Waals surface area contributed by atoms with Gasteiger partial charge in [0.2, 0.25) is 0 Å². The number of nitrogens with zero attached hydrogens (tertiary/aromatic N) is 6. The lowest BCUT2D eigenvalue weighted by molar-refractivity contribution is 0.417. The van der Waals surface area contributed by atoms with Gasteiger partial charge in [0.15, 0.2) is 0 Å². The molecule has 1 aromatic carbocycles. The van der Waals surface area contributed by atoms with Crippen LogP contribution in [-0.4, -0.2) is 53.3 Å². The zero-order chi connectivity index (χ0) is 18.8. The predicted octanol–water partition coefficient (Wildman–Crippen LogP) is 1.79. The molecule has 1 fully saturated rings. The molecule has 0 amide bonds. The van der Waals surface area contributed by atoms with Crippen LogP contribution in [0, 0.1) is 0 Å². The van der Waals surface area contributed by atoms with Gasteiger partial charge < -0.3 is 20.3 Å². The first-order valence-electron chi connectivity index (χ1n) is 8.90. The highest BCUT2D eigenvalue weighted by Gasteiger charge is 2.22. The summed E-state index contributed by atoms with van der Waals surface area (Å²) >= 11 is 0. The summed E-state index contributed by atoms with van der Waals surface area (Å²) in [6.45, 7) is 3.64. The van der Waals surface area contributed by atoms with Crippen LogP contribution in [0.15, 0.2) is 42.9 Å².